The lowest BCUT2D eigenvalue weighted by Crippen LogP contribution is -2.48. The Morgan fingerprint density at radius 2 is 1.97 bits per heavy atom. The Balaban J connectivity index is 1.42. The van der Waals surface area contributed by atoms with Crippen LogP contribution in [0.4, 0.5) is 4.79 Å². The number of pyridine rings is 1. The Morgan fingerprint density at radius 3 is 2.66 bits per heavy atom. The number of aryl methyl sites for hydroxylation is 1. The fourth-order valence-electron chi connectivity index (χ4n) is 3.95. The molecule has 0 radical (unpaired) electrons. The van der Waals surface area contributed by atoms with E-state index in [0.29, 0.717) is 30.0 Å². The minimum absolute atomic E-state index is 0.286. The van der Waals surface area contributed by atoms with Crippen LogP contribution < -0.4 is 10.1 Å². The molecule has 3 amide bonds. The SMILES string of the molecule is Cc1cccc(Oc2ccc(C(=O)CN3C(=O)NC4(CCCCC4)C3=O)cn2)c1. The highest BCUT2D eigenvalue weighted by Crippen LogP contribution is 2.33. The Labute approximate surface area is 169 Å². The van der Waals surface area contributed by atoms with Gasteiger partial charge in [-0.3, -0.25) is 14.5 Å². The second-order valence-electron chi connectivity index (χ2n) is 7.69. The van der Waals surface area contributed by atoms with Gasteiger partial charge in [0.05, 0.1) is 6.54 Å². The molecule has 1 aromatic carbocycles. The Kier molecular flexibility index (Phi) is 5.05. The number of aromatic nitrogens is 1. The molecule has 1 aliphatic heterocycles. The third kappa shape index (κ3) is 3.85. The first-order valence-electron chi connectivity index (χ1n) is 9.85. The molecule has 7 heteroatoms. The van der Waals surface area contributed by atoms with Crippen LogP contribution in [-0.2, 0) is 4.79 Å². The van der Waals surface area contributed by atoms with Crippen LogP contribution in [0.15, 0.2) is 42.6 Å². The normalized spacial score (nSPS) is 18.0. The Morgan fingerprint density at radius 1 is 1.17 bits per heavy atom. The summed E-state index contributed by atoms with van der Waals surface area (Å²) in [4.78, 5) is 42.9. The van der Waals surface area contributed by atoms with Crippen molar-refractivity contribution in [3.05, 3.63) is 53.7 Å². The van der Waals surface area contributed by atoms with Crippen molar-refractivity contribution in [3.8, 4) is 11.6 Å². The van der Waals surface area contributed by atoms with Gasteiger partial charge >= 0.3 is 6.03 Å². The summed E-state index contributed by atoms with van der Waals surface area (Å²) in [5, 5.41) is 2.82. The van der Waals surface area contributed by atoms with Crippen LogP contribution in [0.3, 0.4) is 0 Å². The van der Waals surface area contributed by atoms with Gasteiger partial charge in [-0.05, 0) is 43.5 Å². The maximum atomic E-state index is 12.8. The molecular formula is C22H23N3O4. The molecule has 1 N–H and O–H groups in total. The van der Waals surface area contributed by atoms with E-state index in [2.05, 4.69) is 10.3 Å². The average Bonchev–Trinajstić information content (AvgIpc) is 2.93. The molecule has 2 heterocycles. The van der Waals surface area contributed by atoms with Crippen molar-refractivity contribution in [2.45, 2.75) is 44.6 Å². The van der Waals surface area contributed by atoms with Crippen LogP contribution in [0, 0.1) is 6.92 Å². The van der Waals surface area contributed by atoms with Gasteiger partial charge in [0, 0.05) is 17.8 Å². The van der Waals surface area contributed by atoms with Crippen LogP contribution >= 0.6 is 0 Å². The van der Waals surface area contributed by atoms with E-state index in [4.69, 9.17) is 4.74 Å². The summed E-state index contributed by atoms with van der Waals surface area (Å²) in [5.74, 6) is 0.399. The van der Waals surface area contributed by atoms with Crippen LogP contribution in [-0.4, -0.2) is 39.7 Å². The molecule has 1 aromatic heterocycles. The van der Waals surface area contributed by atoms with E-state index >= 15 is 0 Å². The molecule has 1 saturated heterocycles. The minimum atomic E-state index is -0.820. The molecule has 150 valence electrons. The molecule has 1 spiro atoms. The number of hydrogen-bond acceptors (Lipinski definition) is 5. The highest BCUT2D eigenvalue weighted by Gasteiger charge is 2.51. The standard InChI is InChI=1S/C22H23N3O4/c1-15-6-5-7-17(12-15)29-19-9-8-16(13-23-19)18(26)14-25-20(27)22(24-21(25)28)10-3-2-4-11-22/h5-9,12-13H,2-4,10-11,14H2,1H3,(H,24,28). The van der Waals surface area contributed by atoms with Crippen LogP contribution in [0.5, 0.6) is 11.6 Å². The number of imide groups is 1. The zero-order valence-electron chi connectivity index (χ0n) is 16.3. The lowest BCUT2D eigenvalue weighted by Gasteiger charge is -2.30. The van der Waals surface area contributed by atoms with E-state index in [1.165, 1.54) is 6.20 Å². The van der Waals surface area contributed by atoms with E-state index in [9.17, 15) is 14.4 Å². The first kappa shape index (κ1) is 19.1. The zero-order valence-corrected chi connectivity index (χ0v) is 16.3. The predicted molar refractivity (Wildman–Crippen MR) is 106 cm³/mol. The van der Waals surface area contributed by atoms with E-state index in [1.807, 2.05) is 31.2 Å². The number of urea groups is 1. The second-order valence-corrected chi connectivity index (χ2v) is 7.69. The molecular weight excluding hydrogens is 370 g/mol. The van der Waals surface area contributed by atoms with E-state index < -0.39 is 11.6 Å². The molecule has 29 heavy (non-hydrogen) atoms. The fraction of sp³-hybridized carbons (Fsp3) is 0.364. The van der Waals surface area contributed by atoms with Gasteiger partial charge in [0.1, 0.15) is 11.3 Å². The van der Waals surface area contributed by atoms with Crippen molar-refractivity contribution in [3.63, 3.8) is 0 Å². The number of Topliss-reactive ketones (excluding diaryl/α,β-unsaturated/α-hetero) is 1. The van der Waals surface area contributed by atoms with E-state index in [0.717, 1.165) is 29.7 Å². The van der Waals surface area contributed by atoms with Gasteiger partial charge in [0.2, 0.25) is 5.88 Å². The summed E-state index contributed by atoms with van der Waals surface area (Å²) in [6.45, 7) is 1.68. The van der Waals surface area contributed by atoms with Gasteiger partial charge in [-0.2, -0.15) is 0 Å². The largest absolute Gasteiger partial charge is 0.439 e. The van der Waals surface area contributed by atoms with E-state index in [-0.39, 0.29) is 18.2 Å². The third-order valence-corrected chi connectivity index (χ3v) is 5.53. The van der Waals surface area contributed by atoms with Crippen molar-refractivity contribution in [1.82, 2.24) is 15.2 Å². The van der Waals surface area contributed by atoms with Gasteiger partial charge in [-0.1, -0.05) is 31.4 Å². The molecule has 7 nitrogen and oxygen atoms in total. The summed E-state index contributed by atoms with van der Waals surface area (Å²) in [6.07, 6.45) is 5.54. The number of ether oxygens (including phenoxy) is 1. The second kappa shape index (κ2) is 7.66. The van der Waals surface area contributed by atoms with Crippen molar-refractivity contribution < 1.29 is 19.1 Å². The quantitative estimate of drug-likeness (QED) is 0.619. The van der Waals surface area contributed by atoms with Gasteiger partial charge in [0.25, 0.3) is 5.91 Å². The van der Waals surface area contributed by atoms with Crippen LogP contribution in [0.1, 0.15) is 48.0 Å². The highest BCUT2D eigenvalue weighted by atomic mass is 16.5. The number of nitrogens with zero attached hydrogens (tertiary/aromatic N) is 2. The van der Waals surface area contributed by atoms with Crippen LogP contribution in [0.25, 0.3) is 0 Å². The number of rotatable bonds is 5. The Bertz CT molecular complexity index is 949. The van der Waals surface area contributed by atoms with Gasteiger partial charge in [0.15, 0.2) is 5.78 Å². The molecule has 0 bridgehead atoms. The maximum absolute atomic E-state index is 12.8. The Hall–Kier alpha value is -3.22. The first-order valence-corrected chi connectivity index (χ1v) is 9.85. The third-order valence-electron chi connectivity index (χ3n) is 5.53. The van der Waals surface area contributed by atoms with E-state index in [1.54, 1.807) is 12.1 Å². The minimum Gasteiger partial charge on any atom is -0.439 e. The zero-order chi connectivity index (χ0) is 20.4. The molecule has 1 saturated carbocycles. The number of nitrogens with one attached hydrogen (secondary N) is 1. The monoisotopic (exact) mass is 393 g/mol. The number of ketones is 1. The predicted octanol–water partition coefficient (Wildman–Crippen LogP) is 3.62. The lowest BCUT2D eigenvalue weighted by atomic mass is 9.82. The highest BCUT2D eigenvalue weighted by molar-refractivity contribution is 6.11. The van der Waals surface area contributed by atoms with Gasteiger partial charge in [-0.15, -0.1) is 0 Å². The molecule has 1 aliphatic carbocycles. The maximum Gasteiger partial charge on any atom is 0.325 e. The topological polar surface area (TPSA) is 88.6 Å². The van der Waals surface area contributed by atoms with Crippen LogP contribution in [0.2, 0.25) is 0 Å². The average molecular weight is 393 g/mol. The van der Waals surface area contributed by atoms with Gasteiger partial charge < -0.3 is 10.1 Å². The molecule has 2 aliphatic rings. The van der Waals surface area contributed by atoms with Gasteiger partial charge in [-0.25, -0.2) is 9.78 Å². The summed E-state index contributed by atoms with van der Waals surface area (Å²) >= 11 is 0. The smallest absolute Gasteiger partial charge is 0.325 e. The summed E-state index contributed by atoms with van der Waals surface area (Å²) in [7, 11) is 0. The number of carbonyl (C=O) groups excluding carboxylic acids is 3. The summed E-state index contributed by atoms with van der Waals surface area (Å²) < 4.78 is 5.69. The first-order chi connectivity index (χ1) is 14.0. The van der Waals surface area contributed by atoms with Crippen molar-refractivity contribution in [2.24, 2.45) is 0 Å². The summed E-state index contributed by atoms with van der Waals surface area (Å²) in [5.41, 5.74) is 0.574. The lowest BCUT2D eigenvalue weighted by molar-refractivity contribution is -0.132. The molecule has 2 fully saturated rings. The molecule has 4 rings (SSSR count). The van der Waals surface area contributed by atoms with Crippen molar-refractivity contribution in [2.75, 3.05) is 6.54 Å². The van der Waals surface area contributed by atoms with Crippen molar-refractivity contribution in [1.29, 1.82) is 0 Å². The number of amides is 3. The number of carbonyl (C=O) groups is 3. The molecule has 0 atom stereocenters. The summed E-state index contributed by atoms with van der Waals surface area (Å²) in [6, 6.07) is 10.3. The molecule has 0 unspecified atom stereocenters. The van der Waals surface area contributed by atoms with Crippen molar-refractivity contribution >= 4 is 17.7 Å². The number of hydrogen-bond donors (Lipinski definition) is 1. The molecule has 2 aromatic rings. The number of benzene rings is 1. The fourth-order valence-corrected chi connectivity index (χ4v) is 3.95.